The molecule has 28 heavy (non-hydrogen) atoms. The minimum atomic E-state index is -0.967. The van der Waals surface area contributed by atoms with Crippen LogP contribution in [0.5, 0.6) is 0 Å². The fraction of sp³-hybridized carbons (Fsp3) is 0.500. The second-order valence-corrected chi connectivity index (χ2v) is 7.67. The zero-order valence-corrected chi connectivity index (χ0v) is 17.3. The molecule has 9 nitrogen and oxygen atoms in total. The van der Waals surface area contributed by atoms with Crippen LogP contribution in [-0.4, -0.2) is 51.5 Å². The van der Waals surface area contributed by atoms with Gasteiger partial charge in [0, 0.05) is 23.7 Å². The molecule has 1 atom stereocenters. The van der Waals surface area contributed by atoms with Crippen molar-refractivity contribution in [1.82, 2.24) is 4.90 Å². The quantitative estimate of drug-likeness (QED) is 0.285. The van der Waals surface area contributed by atoms with Crippen LogP contribution in [0.15, 0.2) is 23.1 Å². The molecule has 0 heterocycles. The number of nitrogens with two attached hydrogens (primary N) is 1. The average molecular weight is 411 g/mol. The number of nitro groups is 1. The standard InChI is InChI=1S/C18H25N3O6S/c1-10(2)20(11(3)4)18(24)12(5)27-16(22)9-28-15-7-6-13(17(19)23)8-14(15)21(25)26/h6-8,10-12H,9H2,1-5H3,(H2,19,23)/t12-/m1/s1. The number of nitro benzene ring substituents is 1. The molecule has 0 aromatic heterocycles. The molecule has 0 spiro atoms. The first kappa shape index (κ1) is 23.4. The van der Waals surface area contributed by atoms with Crippen LogP contribution in [0.25, 0.3) is 0 Å². The Morgan fingerprint density at radius 2 is 1.75 bits per heavy atom. The number of rotatable bonds is 9. The van der Waals surface area contributed by atoms with Gasteiger partial charge < -0.3 is 15.4 Å². The first-order valence-electron chi connectivity index (χ1n) is 8.68. The SMILES string of the molecule is CC(C)N(C(=O)[C@@H](C)OC(=O)CSc1ccc(C(N)=O)cc1[N+](=O)[O-])C(C)C. The molecule has 2 amide bonds. The number of primary amides is 1. The summed E-state index contributed by atoms with van der Waals surface area (Å²) >= 11 is 0.885. The highest BCUT2D eigenvalue weighted by Crippen LogP contribution is 2.30. The zero-order chi connectivity index (χ0) is 21.6. The fourth-order valence-electron chi connectivity index (χ4n) is 2.67. The summed E-state index contributed by atoms with van der Waals surface area (Å²) in [5.41, 5.74) is 4.80. The van der Waals surface area contributed by atoms with E-state index >= 15 is 0 Å². The molecular formula is C18H25N3O6S. The highest BCUT2D eigenvalue weighted by atomic mass is 32.2. The molecule has 2 N–H and O–H groups in total. The maximum Gasteiger partial charge on any atom is 0.317 e. The van der Waals surface area contributed by atoms with Crippen LogP contribution >= 0.6 is 11.8 Å². The van der Waals surface area contributed by atoms with Gasteiger partial charge in [-0.3, -0.25) is 24.5 Å². The Bertz CT molecular complexity index is 758. The largest absolute Gasteiger partial charge is 0.452 e. The van der Waals surface area contributed by atoms with Gasteiger partial charge in [-0.05, 0) is 46.8 Å². The van der Waals surface area contributed by atoms with Gasteiger partial charge in [0.25, 0.3) is 11.6 Å². The van der Waals surface area contributed by atoms with Gasteiger partial charge in [0.15, 0.2) is 6.10 Å². The topological polar surface area (TPSA) is 133 Å². The second-order valence-electron chi connectivity index (χ2n) is 6.66. The van der Waals surface area contributed by atoms with E-state index in [1.807, 2.05) is 27.7 Å². The number of hydrogen-bond donors (Lipinski definition) is 1. The maximum atomic E-state index is 12.5. The fourth-order valence-corrected chi connectivity index (χ4v) is 3.46. The first-order chi connectivity index (χ1) is 13.0. The lowest BCUT2D eigenvalue weighted by atomic mass is 10.2. The van der Waals surface area contributed by atoms with E-state index in [1.165, 1.54) is 19.1 Å². The first-order valence-corrected chi connectivity index (χ1v) is 9.67. The van der Waals surface area contributed by atoms with Crippen molar-refractivity contribution in [1.29, 1.82) is 0 Å². The van der Waals surface area contributed by atoms with Crippen molar-refractivity contribution in [3.63, 3.8) is 0 Å². The maximum absolute atomic E-state index is 12.5. The zero-order valence-electron chi connectivity index (χ0n) is 16.5. The third-order valence-electron chi connectivity index (χ3n) is 3.81. The molecular weight excluding hydrogens is 386 g/mol. The Balaban J connectivity index is 2.78. The predicted octanol–water partition coefficient (Wildman–Crippen LogP) is 2.36. The molecule has 10 heteroatoms. The minimum absolute atomic E-state index is 0.000285. The molecule has 0 unspecified atom stereocenters. The monoisotopic (exact) mass is 411 g/mol. The average Bonchev–Trinajstić information content (AvgIpc) is 2.58. The van der Waals surface area contributed by atoms with E-state index in [-0.39, 0.29) is 39.9 Å². The molecule has 0 bridgehead atoms. The van der Waals surface area contributed by atoms with Gasteiger partial charge in [-0.1, -0.05) is 0 Å². The molecule has 1 rings (SSSR count). The normalized spacial score (nSPS) is 12.0. The van der Waals surface area contributed by atoms with Crippen LogP contribution in [0, 0.1) is 10.1 Å². The van der Waals surface area contributed by atoms with Crippen LogP contribution in [0.1, 0.15) is 45.0 Å². The lowest BCUT2D eigenvalue weighted by molar-refractivity contribution is -0.387. The number of carbonyl (C=O) groups excluding carboxylic acids is 3. The molecule has 1 aromatic rings. The van der Waals surface area contributed by atoms with Gasteiger partial charge in [0.2, 0.25) is 5.91 Å². The number of hydrogen-bond acceptors (Lipinski definition) is 7. The van der Waals surface area contributed by atoms with Crippen LogP contribution in [0.3, 0.4) is 0 Å². The van der Waals surface area contributed by atoms with Crippen LogP contribution in [0.4, 0.5) is 5.69 Å². The number of esters is 1. The van der Waals surface area contributed by atoms with Gasteiger partial charge in [-0.25, -0.2) is 0 Å². The van der Waals surface area contributed by atoms with Crippen LogP contribution in [-0.2, 0) is 14.3 Å². The third kappa shape index (κ3) is 6.22. The van der Waals surface area contributed by atoms with E-state index in [2.05, 4.69) is 0 Å². The van der Waals surface area contributed by atoms with E-state index in [0.717, 1.165) is 17.8 Å². The lowest BCUT2D eigenvalue weighted by Gasteiger charge is -2.32. The lowest BCUT2D eigenvalue weighted by Crippen LogP contribution is -2.47. The molecule has 0 radical (unpaired) electrons. The van der Waals surface area contributed by atoms with Crippen LogP contribution < -0.4 is 5.73 Å². The Labute approximate surface area is 167 Å². The Morgan fingerprint density at radius 3 is 2.21 bits per heavy atom. The summed E-state index contributed by atoms with van der Waals surface area (Å²) in [4.78, 5) is 48.1. The predicted molar refractivity (Wildman–Crippen MR) is 105 cm³/mol. The number of nitrogens with zero attached hydrogens (tertiary/aromatic N) is 2. The summed E-state index contributed by atoms with van der Waals surface area (Å²) in [5, 5.41) is 11.2. The van der Waals surface area contributed by atoms with Crippen LogP contribution in [0.2, 0.25) is 0 Å². The summed E-state index contributed by atoms with van der Waals surface area (Å²) < 4.78 is 5.18. The molecule has 0 aliphatic rings. The molecule has 0 saturated heterocycles. The number of benzene rings is 1. The van der Waals surface area contributed by atoms with E-state index < -0.39 is 22.9 Å². The summed E-state index contributed by atoms with van der Waals surface area (Å²) in [6.07, 6.45) is -0.967. The van der Waals surface area contributed by atoms with Gasteiger partial charge in [-0.15, -0.1) is 11.8 Å². The van der Waals surface area contributed by atoms with Crippen molar-refractivity contribution in [2.45, 2.75) is 57.7 Å². The molecule has 0 aliphatic heterocycles. The van der Waals surface area contributed by atoms with Gasteiger partial charge in [0.1, 0.15) is 0 Å². The van der Waals surface area contributed by atoms with E-state index in [1.54, 1.807) is 4.90 Å². The summed E-state index contributed by atoms with van der Waals surface area (Å²) in [5.74, 6) is -1.99. The van der Waals surface area contributed by atoms with Crippen molar-refractivity contribution < 1.29 is 24.0 Å². The summed E-state index contributed by atoms with van der Waals surface area (Å²) in [7, 11) is 0. The Kier molecular flexibility index (Phi) is 8.42. The van der Waals surface area contributed by atoms with Crippen molar-refractivity contribution in [2.24, 2.45) is 5.73 Å². The minimum Gasteiger partial charge on any atom is -0.452 e. The summed E-state index contributed by atoms with van der Waals surface area (Å²) in [6, 6.07) is 3.66. The smallest absolute Gasteiger partial charge is 0.317 e. The molecule has 154 valence electrons. The van der Waals surface area contributed by atoms with Crippen molar-refractivity contribution in [2.75, 3.05) is 5.75 Å². The third-order valence-corrected chi connectivity index (χ3v) is 4.85. The van der Waals surface area contributed by atoms with Gasteiger partial charge in [0.05, 0.1) is 15.6 Å². The van der Waals surface area contributed by atoms with Gasteiger partial charge >= 0.3 is 5.97 Å². The number of carbonyl (C=O) groups is 3. The van der Waals surface area contributed by atoms with Crippen molar-refractivity contribution in [3.05, 3.63) is 33.9 Å². The Hall–Kier alpha value is -2.62. The molecule has 1 aromatic carbocycles. The van der Waals surface area contributed by atoms with E-state index in [0.29, 0.717) is 0 Å². The second kappa shape index (κ2) is 10.1. The molecule has 0 fully saturated rings. The van der Waals surface area contributed by atoms with Gasteiger partial charge in [-0.2, -0.15) is 0 Å². The number of ether oxygens (including phenoxy) is 1. The number of thioether (sulfide) groups is 1. The van der Waals surface area contributed by atoms with Crippen molar-refractivity contribution >= 4 is 35.2 Å². The highest BCUT2D eigenvalue weighted by Gasteiger charge is 2.28. The molecule has 0 saturated carbocycles. The number of amides is 2. The van der Waals surface area contributed by atoms with E-state index in [4.69, 9.17) is 10.5 Å². The summed E-state index contributed by atoms with van der Waals surface area (Å²) in [6.45, 7) is 8.98. The Morgan fingerprint density at radius 1 is 1.18 bits per heavy atom. The highest BCUT2D eigenvalue weighted by molar-refractivity contribution is 8.00. The van der Waals surface area contributed by atoms with E-state index in [9.17, 15) is 24.5 Å². The molecule has 0 aliphatic carbocycles. The van der Waals surface area contributed by atoms with Crippen molar-refractivity contribution in [3.8, 4) is 0 Å².